The van der Waals surface area contributed by atoms with Crippen LogP contribution in [-0.2, 0) is 0 Å². The Bertz CT molecular complexity index is 375. The molecule has 0 aromatic rings. The van der Waals surface area contributed by atoms with Gasteiger partial charge in [-0.05, 0) is 38.0 Å². The highest BCUT2D eigenvalue weighted by Crippen LogP contribution is 2.26. The lowest BCUT2D eigenvalue weighted by atomic mass is 9.94. The molecule has 1 aliphatic carbocycles. The molecule has 0 radical (unpaired) electrons. The molecule has 19 heavy (non-hydrogen) atoms. The van der Waals surface area contributed by atoms with Crippen LogP contribution in [0.4, 0.5) is 0 Å². The summed E-state index contributed by atoms with van der Waals surface area (Å²) in [5, 5.41) is 0. The maximum atomic E-state index is 2.65. The van der Waals surface area contributed by atoms with Gasteiger partial charge in [0.2, 0.25) is 0 Å². The van der Waals surface area contributed by atoms with Crippen LogP contribution in [0.15, 0.2) is 36.6 Å². The van der Waals surface area contributed by atoms with Crippen molar-refractivity contribution in [2.24, 2.45) is 11.8 Å². The van der Waals surface area contributed by atoms with Gasteiger partial charge in [-0.25, -0.2) is 0 Å². The molecule has 0 aromatic carbocycles. The predicted molar refractivity (Wildman–Crippen MR) is 80.9 cm³/mol. The van der Waals surface area contributed by atoms with Gasteiger partial charge in [0.1, 0.15) is 0 Å². The van der Waals surface area contributed by atoms with E-state index in [1.54, 1.807) is 0 Å². The first kappa shape index (κ1) is 13.0. The van der Waals surface area contributed by atoms with E-state index in [9.17, 15) is 0 Å². The zero-order chi connectivity index (χ0) is 13.1. The lowest BCUT2D eigenvalue weighted by Crippen LogP contribution is -2.40. The Hall–Kier alpha value is -1.02. The molecule has 0 spiro atoms. The highest BCUT2D eigenvalue weighted by Gasteiger charge is 2.26. The second-order valence-corrected chi connectivity index (χ2v) is 6.11. The molecule has 2 unspecified atom stereocenters. The molecule has 0 N–H and O–H groups in total. The van der Waals surface area contributed by atoms with Gasteiger partial charge in [-0.15, -0.1) is 0 Å². The topological polar surface area (TPSA) is 6.48 Å². The molecule has 1 saturated heterocycles. The van der Waals surface area contributed by atoms with Crippen LogP contribution in [-0.4, -0.2) is 42.0 Å². The number of hydrogen-bond donors (Lipinski definition) is 0. The highest BCUT2D eigenvalue weighted by atomic mass is 15.2. The predicted octanol–water partition coefficient (Wildman–Crippen LogP) is 3.05. The third-order valence-corrected chi connectivity index (χ3v) is 4.99. The molecule has 1 fully saturated rings. The minimum Gasteiger partial charge on any atom is -0.369 e. The van der Waals surface area contributed by atoms with Crippen molar-refractivity contribution in [2.75, 3.05) is 26.2 Å². The summed E-state index contributed by atoms with van der Waals surface area (Å²) in [6, 6.07) is 0.582. The molecule has 3 aliphatic rings. The maximum absolute atomic E-state index is 2.65. The fourth-order valence-corrected chi connectivity index (χ4v) is 3.53. The molecule has 2 atom stereocenters. The first-order valence-electron chi connectivity index (χ1n) is 7.88. The Kier molecular flexibility index (Phi) is 4.07. The quantitative estimate of drug-likeness (QED) is 0.765. The number of fused-ring (bicyclic) bond motifs is 1. The lowest BCUT2D eigenvalue weighted by molar-refractivity contribution is 0.162. The van der Waals surface area contributed by atoms with Crippen molar-refractivity contribution in [2.45, 2.75) is 32.2 Å². The van der Waals surface area contributed by atoms with Gasteiger partial charge in [0.15, 0.2) is 0 Å². The van der Waals surface area contributed by atoms with E-state index in [0.717, 1.165) is 5.92 Å². The second-order valence-electron chi connectivity index (χ2n) is 6.11. The van der Waals surface area contributed by atoms with E-state index in [0.29, 0.717) is 12.0 Å². The Balaban J connectivity index is 1.45. The van der Waals surface area contributed by atoms with Gasteiger partial charge in [-0.1, -0.05) is 43.7 Å². The van der Waals surface area contributed by atoms with Crippen molar-refractivity contribution in [3.05, 3.63) is 36.6 Å². The minimum atomic E-state index is 0.582. The van der Waals surface area contributed by atoms with Gasteiger partial charge in [0, 0.05) is 19.0 Å². The third kappa shape index (κ3) is 2.94. The van der Waals surface area contributed by atoms with Crippen LogP contribution in [0.1, 0.15) is 26.2 Å². The van der Waals surface area contributed by atoms with Crippen LogP contribution in [0, 0.1) is 11.8 Å². The van der Waals surface area contributed by atoms with E-state index < -0.39 is 0 Å². The molecule has 2 heterocycles. The highest BCUT2D eigenvalue weighted by molar-refractivity contribution is 5.25. The van der Waals surface area contributed by atoms with Crippen molar-refractivity contribution in [1.29, 1.82) is 0 Å². The maximum Gasteiger partial charge on any atom is 0.0569 e. The summed E-state index contributed by atoms with van der Waals surface area (Å²) in [5.41, 5.74) is 0. The van der Waals surface area contributed by atoms with E-state index in [1.165, 1.54) is 45.4 Å². The number of rotatable bonds is 4. The largest absolute Gasteiger partial charge is 0.369 e. The van der Waals surface area contributed by atoms with Gasteiger partial charge in [0.25, 0.3) is 0 Å². The van der Waals surface area contributed by atoms with Crippen LogP contribution in [0.2, 0.25) is 0 Å². The standard InChI is InChI=1S/C17H26N2/c1-2-15-7-10-18(11-8-15)13-14-19-12-9-16-5-3-4-6-17(16)19/h3-6,9,12,15-17H,2,7-8,10-11,13-14H2,1H3. The van der Waals surface area contributed by atoms with Crippen molar-refractivity contribution in [3.8, 4) is 0 Å². The summed E-state index contributed by atoms with van der Waals surface area (Å²) in [6.07, 6.45) is 17.8. The number of nitrogens with zero attached hydrogens (tertiary/aromatic N) is 2. The van der Waals surface area contributed by atoms with E-state index >= 15 is 0 Å². The van der Waals surface area contributed by atoms with Gasteiger partial charge in [0.05, 0.1) is 6.04 Å². The van der Waals surface area contributed by atoms with Crippen LogP contribution < -0.4 is 0 Å². The number of piperidine rings is 1. The Morgan fingerprint density at radius 2 is 1.79 bits per heavy atom. The zero-order valence-electron chi connectivity index (χ0n) is 12.0. The minimum absolute atomic E-state index is 0.582. The first-order valence-corrected chi connectivity index (χ1v) is 7.88. The lowest BCUT2D eigenvalue weighted by Gasteiger charge is -2.34. The van der Waals surface area contributed by atoms with E-state index in [-0.39, 0.29) is 0 Å². The summed E-state index contributed by atoms with van der Waals surface area (Å²) in [4.78, 5) is 5.16. The third-order valence-electron chi connectivity index (χ3n) is 4.99. The molecule has 0 saturated carbocycles. The van der Waals surface area contributed by atoms with Gasteiger partial charge in [-0.2, -0.15) is 0 Å². The van der Waals surface area contributed by atoms with Crippen LogP contribution in [0.25, 0.3) is 0 Å². The van der Waals surface area contributed by atoms with Crippen molar-refractivity contribution in [1.82, 2.24) is 9.80 Å². The fourth-order valence-electron chi connectivity index (χ4n) is 3.53. The van der Waals surface area contributed by atoms with Crippen molar-refractivity contribution in [3.63, 3.8) is 0 Å². The molecule has 0 aromatic heterocycles. The van der Waals surface area contributed by atoms with Crippen LogP contribution >= 0.6 is 0 Å². The van der Waals surface area contributed by atoms with Crippen molar-refractivity contribution < 1.29 is 0 Å². The summed E-state index contributed by atoms with van der Waals surface area (Å²) in [5.74, 6) is 1.59. The molecule has 2 heteroatoms. The molecule has 104 valence electrons. The number of allylic oxidation sites excluding steroid dienone is 2. The summed E-state index contributed by atoms with van der Waals surface area (Å²) in [6.45, 7) is 7.34. The van der Waals surface area contributed by atoms with Crippen molar-refractivity contribution >= 4 is 0 Å². The summed E-state index contributed by atoms with van der Waals surface area (Å²) in [7, 11) is 0. The fraction of sp³-hybridized carbons (Fsp3) is 0.647. The molecule has 0 bridgehead atoms. The number of likely N-dealkylation sites (tertiary alicyclic amines) is 1. The Morgan fingerprint density at radius 3 is 2.58 bits per heavy atom. The zero-order valence-corrected chi connectivity index (χ0v) is 12.0. The van der Waals surface area contributed by atoms with Crippen LogP contribution in [0.3, 0.4) is 0 Å². The van der Waals surface area contributed by atoms with E-state index in [2.05, 4.69) is 53.3 Å². The molecule has 2 aliphatic heterocycles. The van der Waals surface area contributed by atoms with Crippen LogP contribution in [0.5, 0.6) is 0 Å². The Morgan fingerprint density at radius 1 is 1.00 bits per heavy atom. The SMILES string of the molecule is CCC1CCN(CCN2C=CC3C=CC=CC32)CC1. The summed E-state index contributed by atoms with van der Waals surface area (Å²) >= 11 is 0. The van der Waals surface area contributed by atoms with E-state index in [4.69, 9.17) is 0 Å². The average molecular weight is 258 g/mol. The first-order chi connectivity index (χ1) is 9.36. The molecule has 3 rings (SSSR count). The smallest absolute Gasteiger partial charge is 0.0569 e. The van der Waals surface area contributed by atoms with Gasteiger partial charge >= 0.3 is 0 Å². The van der Waals surface area contributed by atoms with Gasteiger partial charge < -0.3 is 9.80 Å². The molecular formula is C17H26N2. The number of hydrogen-bond acceptors (Lipinski definition) is 2. The Labute approximate surface area is 117 Å². The second kappa shape index (κ2) is 5.96. The molecular weight excluding hydrogens is 232 g/mol. The summed E-state index contributed by atoms with van der Waals surface area (Å²) < 4.78 is 0. The van der Waals surface area contributed by atoms with E-state index in [1.807, 2.05) is 0 Å². The molecule has 0 amide bonds. The van der Waals surface area contributed by atoms with Gasteiger partial charge in [-0.3, -0.25) is 0 Å². The molecule has 2 nitrogen and oxygen atoms in total. The monoisotopic (exact) mass is 258 g/mol. The normalized spacial score (nSPS) is 31.1. The average Bonchev–Trinajstić information content (AvgIpc) is 2.89.